The Kier molecular flexibility index (Phi) is 5.34. The maximum atomic E-state index is 13.2. The predicted octanol–water partition coefficient (Wildman–Crippen LogP) is 4.03. The quantitative estimate of drug-likeness (QED) is 0.149. The van der Waals surface area contributed by atoms with Gasteiger partial charge in [0.15, 0.2) is 11.4 Å². The van der Waals surface area contributed by atoms with E-state index in [4.69, 9.17) is 4.74 Å². The molecule has 2 aromatic heterocycles. The molecule has 2 aromatic carbocycles. The number of nitrogens with zero attached hydrogens (tertiary/aromatic N) is 5. The highest BCUT2D eigenvalue weighted by Gasteiger charge is 2.14. The van der Waals surface area contributed by atoms with Crippen LogP contribution in [0.15, 0.2) is 66.1 Å². The summed E-state index contributed by atoms with van der Waals surface area (Å²) in [6, 6.07) is 12.2. The summed E-state index contributed by atoms with van der Waals surface area (Å²) >= 11 is 1.44. The van der Waals surface area contributed by atoms with E-state index in [2.05, 4.69) is 15.1 Å². The van der Waals surface area contributed by atoms with Crippen molar-refractivity contribution in [2.45, 2.75) is 5.03 Å². The fourth-order valence-corrected chi connectivity index (χ4v) is 3.51. The van der Waals surface area contributed by atoms with E-state index in [0.29, 0.717) is 17.1 Å². The van der Waals surface area contributed by atoms with Crippen molar-refractivity contribution in [2.75, 3.05) is 12.4 Å². The minimum atomic E-state index is -0.472. The zero-order chi connectivity index (χ0) is 20.2. The van der Waals surface area contributed by atoms with Gasteiger partial charge in [-0.1, -0.05) is 12.1 Å². The minimum Gasteiger partial charge on any atom is -0.486 e. The number of nitro benzene ring substituents is 1. The summed E-state index contributed by atoms with van der Waals surface area (Å²) in [6.45, 7) is 0.271. The first-order chi connectivity index (χ1) is 14.1. The van der Waals surface area contributed by atoms with Crippen LogP contribution in [0.4, 0.5) is 10.1 Å². The molecule has 0 aliphatic rings. The van der Waals surface area contributed by atoms with Crippen LogP contribution in [0.1, 0.15) is 0 Å². The molecule has 8 nitrogen and oxygen atoms in total. The van der Waals surface area contributed by atoms with E-state index in [1.165, 1.54) is 36.3 Å². The van der Waals surface area contributed by atoms with Crippen LogP contribution in [0.25, 0.3) is 16.7 Å². The summed E-state index contributed by atoms with van der Waals surface area (Å²) < 4.78 is 20.3. The number of hydrogen-bond donors (Lipinski definition) is 0. The second-order valence-corrected chi connectivity index (χ2v) is 6.95. The molecule has 0 saturated carbocycles. The van der Waals surface area contributed by atoms with Crippen molar-refractivity contribution in [3.63, 3.8) is 0 Å². The lowest BCUT2D eigenvalue weighted by atomic mass is 10.3. The van der Waals surface area contributed by atoms with Crippen LogP contribution in [0, 0.1) is 15.9 Å². The van der Waals surface area contributed by atoms with E-state index < -0.39 is 4.92 Å². The molecule has 0 aliphatic heterocycles. The molecular weight excluding hydrogens is 397 g/mol. The molecule has 0 atom stereocenters. The second-order valence-electron chi connectivity index (χ2n) is 5.87. The van der Waals surface area contributed by atoms with E-state index >= 15 is 0 Å². The Morgan fingerprint density at radius 2 is 1.93 bits per heavy atom. The van der Waals surface area contributed by atoms with Gasteiger partial charge in [-0.3, -0.25) is 10.1 Å². The average Bonchev–Trinajstić information content (AvgIpc) is 3.17. The third-order valence-electron chi connectivity index (χ3n) is 4.04. The zero-order valence-corrected chi connectivity index (χ0v) is 15.8. The van der Waals surface area contributed by atoms with Gasteiger partial charge in [-0.05, 0) is 30.3 Å². The van der Waals surface area contributed by atoms with Gasteiger partial charge in [-0.15, -0.1) is 11.8 Å². The number of nitro groups is 1. The molecule has 0 spiro atoms. The standard InChI is InChI=1S/C19H14FN5O3S/c20-13-5-7-14(8-6-13)24-18-15(11-23-24)19(22-12-21-18)29-10-9-28-17-4-2-1-3-16(17)25(26)27/h1-8,11-12H,9-10H2. The average molecular weight is 411 g/mol. The van der Waals surface area contributed by atoms with E-state index in [9.17, 15) is 14.5 Å². The van der Waals surface area contributed by atoms with Gasteiger partial charge in [0.1, 0.15) is 17.2 Å². The second kappa shape index (κ2) is 8.23. The number of para-hydroxylation sites is 2. The van der Waals surface area contributed by atoms with Gasteiger partial charge in [0.05, 0.1) is 28.8 Å². The Morgan fingerprint density at radius 3 is 2.72 bits per heavy atom. The molecule has 0 radical (unpaired) electrons. The van der Waals surface area contributed by atoms with Crippen LogP contribution in [-0.2, 0) is 0 Å². The van der Waals surface area contributed by atoms with E-state index in [1.807, 2.05) is 0 Å². The van der Waals surface area contributed by atoms with E-state index in [0.717, 1.165) is 10.4 Å². The lowest BCUT2D eigenvalue weighted by Crippen LogP contribution is -2.03. The van der Waals surface area contributed by atoms with Crippen LogP contribution in [0.5, 0.6) is 5.75 Å². The van der Waals surface area contributed by atoms with Gasteiger partial charge < -0.3 is 4.74 Å². The number of hydrogen-bond acceptors (Lipinski definition) is 7. The topological polar surface area (TPSA) is 96.0 Å². The first-order valence-corrected chi connectivity index (χ1v) is 9.56. The summed E-state index contributed by atoms with van der Waals surface area (Å²) in [5.74, 6) is 0.435. The number of ether oxygens (including phenoxy) is 1. The summed E-state index contributed by atoms with van der Waals surface area (Å²) in [5.41, 5.74) is 1.23. The predicted molar refractivity (Wildman–Crippen MR) is 106 cm³/mol. The highest BCUT2D eigenvalue weighted by atomic mass is 32.2. The summed E-state index contributed by atoms with van der Waals surface area (Å²) in [6.07, 6.45) is 3.10. The third kappa shape index (κ3) is 4.02. The van der Waals surface area contributed by atoms with Crippen molar-refractivity contribution in [3.8, 4) is 11.4 Å². The van der Waals surface area contributed by atoms with Crippen LogP contribution in [0.2, 0.25) is 0 Å². The molecule has 0 saturated heterocycles. The smallest absolute Gasteiger partial charge is 0.310 e. The third-order valence-corrected chi connectivity index (χ3v) is 5.01. The zero-order valence-electron chi connectivity index (χ0n) is 14.9. The molecule has 4 rings (SSSR count). The van der Waals surface area contributed by atoms with Gasteiger partial charge in [-0.2, -0.15) is 5.10 Å². The van der Waals surface area contributed by atoms with Gasteiger partial charge in [-0.25, -0.2) is 19.0 Å². The molecule has 29 heavy (non-hydrogen) atoms. The normalized spacial score (nSPS) is 10.9. The van der Waals surface area contributed by atoms with Crippen LogP contribution in [-0.4, -0.2) is 37.0 Å². The van der Waals surface area contributed by atoms with Crippen molar-refractivity contribution in [1.29, 1.82) is 0 Å². The summed E-state index contributed by atoms with van der Waals surface area (Å²) in [4.78, 5) is 19.1. The highest BCUT2D eigenvalue weighted by Crippen LogP contribution is 2.28. The molecule has 0 fully saturated rings. The van der Waals surface area contributed by atoms with Gasteiger partial charge in [0, 0.05) is 11.8 Å². The summed E-state index contributed by atoms with van der Waals surface area (Å²) in [7, 11) is 0. The molecule has 0 N–H and O–H groups in total. The van der Waals surface area contributed by atoms with Crippen LogP contribution >= 0.6 is 11.8 Å². The monoisotopic (exact) mass is 411 g/mol. The SMILES string of the molecule is O=[N+]([O-])c1ccccc1OCCSc1ncnc2c1cnn2-c1ccc(F)cc1. The number of rotatable bonds is 7. The Morgan fingerprint density at radius 1 is 1.14 bits per heavy atom. The van der Waals surface area contributed by atoms with Crippen molar-refractivity contribution in [3.05, 3.63) is 77.0 Å². The fraction of sp³-hybridized carbons (Fsp3) is 0.105. The van der Waals surface area contributed by atoms with Crippen LogP contribution in [0.3, 0.4) is 0 Å². The Balaban J connectivity index is 1.47. The van der Waals surface area contributed by atoms with Crippen molar-refractivity contribution >= 4 is 28.5 Å². The minimum absolute atomic E-state index is 0.0671. The van der Waals surface area contributed by atoms with E-state index in [-0.39, 0.29) is 23.9 Å². The molecule has 2 heterocycles. The Labute approximate surface area is 168 Å². The Bertz CT molecular complexity index is 1170. The molecule has 10 heteroatoms. The lowest BCUT2D eigenvalue weighted by molar-refractivity contribution is -0.385. The van der Waals surface area contributed by atoms with Gasteiger partial charge in [0.2, 0.25) is 0 Å². The number of halogens is 1. The molecule has 0 aliphatic carbocycles. The van der Waals surface area contributed by atoms with E-state index in [1.54, 1.807) is 41.2 Å². The highest BCUT2D eigenvalue weighted by molar-refractivity contribution is 7.99. The van der Waals surface area contributed by atoms with Crippen molar-refractivity contribution in [2.24, 2.45) is 0 Å². The maximum absolute atomic E-state index is 13.2. The molecule has 4 aromatic rings. The number of fused-ring (bicyclic) bond motifs is 1. The maximum Gasteiger partial charge on any atom is 0.310 e. The molecular formula is C19H14FN5O3S. The Hall–Kier alpha value is -3.53. The van der Waals surface area contributed by atoms with Crippen LogP contribution < -0.4 is 4.74 Å². The number of benzene rings is 2. The first kappa shape index (κ1) is 18.8. The molecule has 0 bridgehead atoms. The fourth-order valence-electron chi connectivity index (χ4n) is 2.73. The van der Waals surface area contributed by atoms with Crippen molar-refractivity contribution < 1.29 is 14.1 Å². The first-order valence-electron chi connectivity index (χ1n) is 8.57. The largest absolute Gasteiger partial charge is 0.486 e. The number of thioether (sulfide) groups is 1. The van der Waals surface area contributed by atoms with Gasteiger partial charge >= 0.3 is 5.69 Å². The summed E-state index contributed by atoms with van der Waals surface area (Å²) in [5, 5.41) is 16.8. The number of aromatic nitrogens is 4. The molecule has 0 amide bonds. The molecule has 146 valence electrons. The molecule has 0 unspecified atom stereocenters. The lowest BCUT2D eigenvalue weighted by Gasteiger charge is -2.07. The van der Waals surface area contributed by atoms with Crippen molar-refractivity contribution in [1.82, 2.24) is 19.7 Å². The van der Waals surface area contributed by atoms with Gasteiger partial charge in [0.25, 0.3) is 0 Å².